The van der Waals surface area contributed by atoms with Gasteiger partial charge < -0.3 is 5.73 Å². The van der Waals surface area contributed by atoms with Crippen molar-refractivity contribution in [3.63, 3.8) is 0 Å². The summed E-state index contributed by atoms with van der Waals surface area (Å²) < 4.78 is 24.4. The highest BCUT2D eigenvalue weighted by Gasteiger charge is 2.16. The van der Waals surface area contributed by atoms with Crippen molar-refractivity contribution >= 4 is 23.6 Å². The lowest BCUT2D eigenvalue weighted by molar-refractivity contribution is 0.111. The zero-order valence-electron chi connectivity index (χ0n) is 6.30. The van der Waals surface area contributed by atoms with Gasteiger partial charge in [-0.05, 0) is 0 Å². The van der Waals surface area contributed by atoms with E-state index < -0.39 is 12.0 Å². The first-order valence-corrected chi connectivity index (χ1v) is 3.63. The summed E-state index contributed by atoms with van der Waals surface area (Å²) in [7, 11) is 0. The van der Waals surface area contributed by atoms with Crippen LogP contribution in [0.5, 0.6) is 0 Å². The quantitative estimate of drug-likeness (QED) is 0.754. The number of pyridine rings is 1. The van der Waals surface area contributed by atoms with Crippen LogP contribution in [0.2, 0.25) is 5.02 Å². The predicted octanol–water partition coefficient (Wildman–Crippen LogP) is 2.07. The Labute approximate surface area is 77.5 Å². The summed E-state index contributed by atoms with van der Waals surface area (Å²) in [6, 6.07) is 0. The molecule has 1 rings (SSSR count). The summed E-state index contributed by atoms with van der Waals surface area (Å²) >= 11 is 5.49. The van der Waals surface area contributed by atoms with Crippen LogP contribution in [-0.2, 0) is 0 Å². The molecule has 0 saturated carbocycles. The number of nitrogens with zero attached hydrogens (tertiary/aromatic N) is 1. The minimum Gasteiger partial charge on any atom is -0.397 e. The van der Waals surface area contributed by atoms with E-state index in [1.165, 1.54) is 0 Å². The van der Waals surface area contributed by atoms with Crippen LogP contribution in [0.3, 0.4) is 0 Å². The molecule has 0 aliphatic rings. The van der Waals surface area contributed by atoms with Crippen LogP contribution >= 0.6 is 11.6 Å². The summed E-state index contributed by atoms with van der Waals surface area (Å²) in [4.78, 5) is 13.7. The molecule has 0 aliphatic carbocycles. The molecule has 0 saturated heterocycles. The number of hydrogen-bond acceptors (Lipinski definition) is 3. The molecular weight excluding hydrogens is 202 g/mol. The van der Waals surface area contributed by atoms with Crippen molar-refractivity contribution in [3.05, 3.63) is 22.5 Å². The zero-order valence-corrected chi connectivity index (χ0v) is 7.05. The van der Waals surface area contributed by atoms with Gasteiger partial charge in [0.1, 0.15) is 5.69 Å². The molecule has 6 heteroatoms. The van der Waals surface area contributed by atoms with E-state index in [-0.39, 0.29) is 16.4 Å². The van der Waals surface area contributed by atoms with Gasteiger partial charge in [0.05, 0.1) is 16.3 Å². The van der Waals surface area contributed by atoms with Crippen LogP contribution in [-0.4, -0.2) is 11.3 Å². The molecule has 1 aromatic rings. The van der Waals surface area contributed by atoms with Crippen molar-refractivity contribution in [2.24, 2.45) is 0 Å². The van der Waals surface area contributed by atoms with Gasteiger partial charge in [0, 0.05) is 6.20 Å². The molecule has 70 valence electrons. The first-order chi connectivity index (χ1) is 6.07. The fraction of sp³-hybridized carbons (Fsp3) is 0.143. The van der Waals surface area contributed by atoms with Crippen LogP contribution in [0.1, 0.15) is 22.5 Å². The molecule has 13 heavy (non-hydrogen) atoms. The number of halogens is 3. The van der Waals surface area contributed by atoms with Gasteiger partial charge in [0.25, 0.3) is 6.43 Å². The van der Waals surface area contributed by atoms with Gasteiger partial charge in [0.15, 0.2) is 6.29 Å². The molecule has 0 spiro atoms. The second-order valence-corrected chi connectivity index (χ2v) is 2.62. The average molecular weight is 207 g/mol. The van der Waals surface area contributed by atoms with Crippen molar-refractivity contribution in [2.75, 3.05) is 5.73 Å². The Morgan fingerprint density at radius 3 is 2.69 bits per heavy atom. The van der Waals surface area contributed by atoms with E-state index >= 15 is 0 Å². The Hall–Kier alpha value is -1.23. The third-order valence-electron chi connectivity index (χ3n) is 1.46. The van der Waals surface area contributed by atoms with Gasteiger partial charge in [-0.1, -0.05) is 11.6 Å². The Kier molecular flexibility index (Phi) is 2.77. The molecule has 0 atom stereocenters. The number of anilines is 1. The van der Waals surface area contributed by atoms with Gasteiger partial charge in [-0.15, -0.1) is 0 Å². The Balaban J connectivity index is 3.31. The average Bonchev–Trinajstić information content (AvgIpc) is 2.09. The molecule has 0 fully saturated rings. The first-order valence-electron chi connectivity index (χ1n) is 3.25. The third kappa shape index (κ3) is 1.75. The summed E-state index contributed by atoms with van der Waals surface area (Å²) in [5.74, 6) is 0. The molecule has 0 aliphatic heterocycles. The highest BCUT2D eigenvalue weighted by atomic mass is 35.5. The number of carbonyl (C=O) groups is 1. The minimum atomic E-state index is -2.74. The number of alkyl halides is 2. The molecule has 0 radical (unpaired) electrons. The van der Waals surface area contributed by atoms with Crippen LogP contribution in [0.15, 0.2) is 6.20 Å². The van der Waals surface area contributed by atoms with Crippen molar-refractivity contribution in [1.82, 2.24) is 4.98 Å². The summed E-state index contributed by atoms with van der Waals surface area (Å²) in [6.45, 7) is 0. The number of aldehydes is 1. The van der Waals surface area contributed by atoms with E-state index in [1.54, 1.807) is 0 Å². The molecule has 1 aromatic heterocycles. The van der Waals surface area contributed by atoms with Crippen LogP contribution in [0.4, 0.5) is 14.5 Å². The second kappa shape index (κ2) is 3.66. The van der Waals surface area contributed by atoms with Crippen LogP contribution in [0.25, 0.3) is 0 Å². The first kappa shape index (κ1) is 9.85. The topological polar surface area (TPSA) is 56.0 Å². The number of nitrogen functional groups attached to an aromatic ring is 1. The highest BCUT2D eigenvalue weighted by Crippen LogP contribution is 2.30. The molecule has 1 heterocycles. The van der Waals surface area contributed by atoms with Gasteiger partial charge in [-0.25, -0.2) is 8.78 Å². The van der Waals surface area contributed by atoms with E-state index in [4.69, 9.17) is 17.3 Å². The Morgan fingerprint density at radius 1 is 1.62 bits per heavy atom. The molecule has 3 nitrogen and oxygen atoms in total. The highest BCUT2D eigenvalue weighted by molar-refractivity contribution is 6.35. The number of hydrogen-bond donors (Lipinski definition) is 1. The molecule has 0 bridgehead atoms. The smallest absolute Gasteiger partial charge is 0.267 e. The lowest BCUT2D eigenvalue weighted by atomic mass is 10.2. The maximum Gasteiger partial charge on any atom is 0.267 e. The number of carbonyl (C=O) groups excluding carboxylic acids is 1. The van der Waals surface area contributed by atoms with Crippen molar-refractivity contribution in [1.29, 1.82) is 0 Å². The predicted molar refractivity (Wildman–Crippen MR) is 44.0 cm³/mol. The third-order valence-corrected chi connectivity index (χ3v) is 1.86. The summed E-state index contributed by atoms with van der Waals surface area (Å²) in [5.41, 5.74) is 4.35. The molecular formula is C7H5ClF2N2O. The maximum absolute atomic E-state index is 12.2. The van der Waals surface area contributed by atoms with Crippen molar-refractivity contribution < 1.29 is 13.6 Å². The van der Waals surface area contributed by atoms with Gasteiger partial charge >= 0.3 is 0 Å². The SMILES string of the molecule is Nc1c(C(F)F)cnc(C=O)c1Cl. The standard InChI is InChI=1S/C7H5ClF2N2O/c8-5-4(2-13)12-1-3(6(5)11)7(9)10/h1-2,7H,(H2,11,12). The fourth-order valence-electron chi connectivity index (χ4n) is 0.786. The number of nitrogens with two attached hydrogens (primary N) is 1. The molecule has 2 N–H and O–H groups in total. The van der Waals surface area contributed by atoms with E-state index in [1.807, 2.05) is 0 Å². The van der Waals surface area contributed by atoms with E-state index in [9.17, 15) is 13.6 Å². The van der Waals surface area contributed by atoms with E-state index in [0.717, 1.165) is 6.20 Å². The van der Waals surface area contributed by atoms with E-state index in [0.29, 0.717) is 6.29 Å². The van der Waals surface area contributed by atoms with Crippen LogP contribution in [0, 0.1) is 0 Å². The normalized spacial score (nSPS) is 10.5. The van der Waals surface area contributed by atoms with Crippen molar-refractivity contribution in [2.45, 2.75) is 6.43 Å². The zero-order chi connectivity index (χ0) is 10.0. The minimum absolute atomic E-state index is 0.136. The van der Waals surface area contributed by atoms with E-state index in [2.05, 4.69) is 4.98 Å². The maximum atomic E-state index is 12.2. The van der Waals surface area contributed by atoms with Crippen LogP contribution < -0.4 is 5.73 Å². The van der Waals surface area contributed by atoms with Crippen molar-refractivity contribution in [3.8, 4) is 0 Å². The number of rotatable bonds is 2. The fourth-order valence-corrected chi connectivity index (χ4v) is 0.989. The summed E-state index contributed by atoms with van der Waals surface area (Å²) in [6.07, 6.45) is -1.55. The molecule has 0 amide bonds. The Bertz CT molecular complexity index is 344. The largest absolute Gasteiger partial charge is 0.397 e. The lowest BCUT2D eigenvalue weighted by Gasteiger charge is -2.06. The second-order valence-electron chi connectivity index (χ2n) is 2.24. The monoisotopic (exact) mass is 206 g/mol. The van der Waals surface area contributed by atoms with Gasteiger partial charge in [-0.3, -0.25) is 9.78 Å². The van der Waals surface area contributed by atoms with Gasteiger partial charge in [-0.2, -0.15) is 0 Å². The molecule has 0 unspecified atom stereocenters. The molecule has 0 aromatic carbocycles. The lowest BCUT2D eigenvalue weighted by Crippen LogP contribution is -2.01. The summed E-state index contributed by atoms with van der Waals surface area (Å²) in [5, 5.41) is -0.229. The Morgan fingerprint density at radius 2 is 2.23 bits per heavy atom. The van der Waals surface area contributed by atoms with Gasteiger partial charge in [0.2, 0.25) is 0 Å². The number of aromatic nitrogens is 1.